The van der Waals surface area contributed by atoms with E-state index in [0.29, 0.717) is 40.1 Å². The van der Waals surface area contributed by atoms with Gasteiger partial charge >= 0.3 is 5.97 Å². The molecule has 1 atom stereocenters. The Kier molecular flexibility index (Phi) is 5.77. The summed E-state index contributed by atoms with van der Waals surface area (Å²) in [7, 11) is 0. The third-order valence-electron chi connectivity index (χ3n) is 5.35. The van der Waals surface area contributed by atoms with E-state index in [1.54, 1.807) is 35.8 Å². The lowest BCUT2D eigenvalue weighted by Gasteiger charge is -2.12. The van der Waals surface area contributed by atoms with Crippen molar-refractivity contribution in [3.8, 4) is 5.69 Å². The van der Waals surface area contributed by atoms with Crippen molar-refractivity contribution in [2.24, 2.45) is 0 Å². The van der Waals surface area contributed by atoms with Gasteiger partial charge in [-0.25, -0.2) is 14.8 Å². The second-order valence-electron chi connectivity index (χ2n) is 7.53. The number of fused-ring (bicyclic) bond motifs is 2. The molecule has 2 heterocycles. The van der Waals surface area contributed by atoms with Crippen molar-refractivity contribution in [1.82, 2.24) is 19.9 Å². The summed E-state index contributed by atoms with van der Waals surface area (Å²) in [5.41, 5.74) is 10.1. The monoisotopic (exact) mass is 431 g/mol. The predicted octanol–water partition coefficient (Wildman–Crippen LogP) is 3.86. The molecule has 0 aliphatic heterocycles. The molecular weight excluding hydrogens is 406 g/mol. The summed E-state index contributed by atoms with van der Waals surface area (Å²) in [5.74, 6) is -0.461. The fourth-order valence-corrected chi connectivity index (χ4v) is 3.51. The van der Waals surface area contributed by atoms with Crippen LogP contribution in [0.1, 0.15) is 47.9 Å². The SMILES string of the molecule is CCOC(=O)c1ccc(-n2c(N)c(C(=O)N[C@H](C)CC)c3nc4ccccc4nc32)cc1. The molecule has 8 heteroatoms. The molecular formula is C24H25N5O3. The lowest BCUT2D eigenvalue weighted by atomic mass is 10.2. The van der Waals surface area contributed by atoms with Gasteiger partial charge in [0.25, 0.3) is 5.91 Å². The van der Waals surface area contributed by atoms with Gasteiger partial charge < -0.3 is 15.8 Å². The number of ether oxygens (including phenoxy) is 1. The van der Waals surface area contributed by atoms with Crippen LogP contribution < -0.4 is 11.1 Å². The van der Waals surface area contributed by atoms with Gasteiger partial charge in [-0.15, -0.1) is 0 Å². The molecule has 0 aliphatic rings. The topological polar surface area (TPSA) is 112 Å². The minimum absolute atomic E-state index is 0.0161. The molecule has 2 aromatic carbocycles. The number of anilines is 1. The second kappa shape index (κ2) is 8.66. The number of nitrogen functional groups attached to an aromatic ring is 1. The molecule has 0 aliphatic carbocycles. The van der Waals surface area contributed by atoms with Gasteiger partial charge in [0.2, 0.25) is 0 Å². The highest BCUT2D eigenvalue weighted by atomic mass is 16.5. The molecule has 2 aromatic heterocycles. The van der Waals surface area contributed by atoms with E-state index in [2.05, 4.69) is 5.32 Å². The van der Waals surface area contributed by atoms with Crippen LogP contribution in [0.4, 0.5) is 5.82 Å². The van der Waals surface area contributed by atoms with Crippen LogP contribution in [0.15, 0.2) is 48.5 Å². The van der Waals surface area contributed by atoms with Crippen molar-refractivity contribution >= 4 is 39.9 Å². The number of amides is 1. The Labute approximate surface area is 185 Å². The summed E-state index contributed by atoms with van der Waals surface area (Å²) in [6.07, 6.45) is 0.786. The van der Waals surface area contributed by atoms with Gasteiger partial charge in [-0.2, -0.15) is 0 Å². The number of rotatable bonds is 6. The summed E-state index contributed by atoms with van der Waals surface area (Å²) in [6, 6.07) is 14.2. The molecule has 0 radical (unpaired) electrons. The molecule has 0 bridgehead atoms. The van der Waals surface area contributed by atoms with Crippen LogP contribution >= 0.6 is 0 Å². The van der Waals surface area contributed by atoms with Gasteiger partial charge in [-0.1, -0.05) is 19.1 Å². The zero-order valence-corrected chi connectivity index (χ0v) is 18.3. The Morgan fingerprint density at radius 1 is 1.06 bits per heavy atom. The molecule has 3 N–H and O–H groups in total. The van der Waals surface area contributed by atoms with Gasteiger partial charge in [-0.05, 0) is 56.7 Å². The van der Waals surface area contributed by atoms with Gasteiger partial charge in [0.1, 0.15) is 16.9 Å². The zero-order valence-electron chi connectivity index (χ0n) is 18.3. The van der Waals surface area contributed by atoms with Crippen LogP contribution in [0.5, 0.6) is 0 Å². The maximum absolute atomic E-state index is 13.1. The molecule has 32 heavy (non-hydrogen) atoms. The highest BCUT2D eigenvalue weighted by Gasteiger charge is 2.25. The summed E-state index contributed by atoms with van der Waals surface area (Å²) in [4.78, 5) is 34.6. The first-order chi connectivity index (χ1) is 15.4. The minimum Gasteiger partial charge on any atom is -0.462 e. The van der Waals surface area contributed by atoms with Gasteiger partial charge in [0.15, 0.2) is 5.65 Å². The average Bonchev–Trinajstić information content (AvgIpc) is 3.08. The van der Waals surface area contributed by atoms with E-state index >= 15 is 0 Å². The maximum atomic E-state index is 13.1. The molecule has 0 saturated heterocycles. The van der Waals surface area contributed by atoms with Crippen LogP contribution in [-0.4, -0.2) is 39.1 Å². The van der Waals surface area contributed by atoms with Crippen molar-refractivity contribution in [2.75, 3.05) is 12.3 Å². The fraction of sp³-hybridized carbons (Fsp3) is 0.250. The molecule has 0 unspecified atom stereocenters. The Balaban J connectivity index is 1.92. The van der Waals surface area contributed by atoms with Crippen molar-refractivity contribution in [1.29, 1.82) is 0 Å². The summed E-state index contributed by atoms with van der Waals surface area (Å²) >= 11 is 0. The number of benzene rings is 2. The quantitative estimate of drug-likeness (QED) is 0.448. The van der Waals surface area contributed by atoms with Crippen LogP contribution in [0.3, 0.4) is 0 Å². The molecule has 1 amide bonds. The molecule has 0 fully saturated rings. The van der Waals surface area contributed by atoms with E-state index in [9.17, 15) is 9.59 Å². The summed E-state index contributed by atoms with van der Waals surface area (Å²) < 4.78 is 6.74. The van der Waals surface area contributed by atoms with E-state index in [1.165, 1.54) is 0 Å². The number of para-hydroxylation sites is 2. The highest BCUT2D eigenvalue weighted by Crippen LogP contribution is 2.31. The van der Waals surface area contributed by atoms with Crippen LogP contribution in [0.25, 0.3) is 27.9 Å². The van der Waals surface area contributed by atoms with Crippen LogP contribution in [0, 0.1) is 0 Å². The highest BCUT2D eigenvalue weighted by molar-refractivity contribution is 6.11. The zero-order chi connectivity index (χ0) is 22.8. The van der Waals surface area contributed by atoms with Crippen molar-refractivity contribution < 1.29 is 14.3 Å². The van der Waals surface area contributed by atoms with E-state index in [1.807, 2.05) is 38.1 Å². The van der Waals surface area contributed by atoms with E-state index in [0.717, 1.165) is 6.42 Å². The fourth-order valence-electron chi connectivity index (χ4n) is 3.51. The van der Waals surface area contributed by atoms with Crippen molar-refractivity contribution in [3.05, 3.63) is 59.7 Å². The maximum Gasteiger partial charge on any atom is 0.338 e. The smallest absolute Gasteiger partial charge is 0.338 e. The lowest BCUT2D eigenvalue weighted by molar-refractivity contribution is 0.0526. The number of nitrogens with zero attached hydrogens (tertiary/aromatic N) is 3. The Morgan fingerprint density at radius 3 is 2.34 bits per heavy atom. The number of nitrogens with one attached hydrogen (secondary N) is 1. The van der Waals surface area contributed by atoms with Crippen molar-refractivity contribution in [2.45, 2.75) is 33.2 Å². The normalized spacial score (nSPS) is 12.1. The van der Waals surface area contributed by atoms with Gasteiger partial charge in [0.05, 0.1) is 23.2 Å². The lowest BCUT2D eigenvalue weighted by Crippen LogP contribution is -2.32. The number of carbonyl (C=O) groups excluding carboxylic acids is 2. The number of carbonyl (C=O) groups is 2. The van der Waals surface area contributed by atoms with Gasteiger partial charge in [0, 0.05) is 11.7 Å². The number of hydrogen-bond acceptors (Lipinski definition) is 6. The third-order valence-corrected chi connectivity index (χ3v) is 5.35. The van der Waals surface area contributed by atoms with E-state index < -0.39 is 5.97 Å². The molecule has 164 valence electrons. The summed E-state index contributed by atoms with van der Waals surface area (Å²) in [5, 5.41) is 2.97. The Bertz CT molecular complexity index is 1310. The predicted molar refractivity (Wildman–Crippen MR) is 124 cm³/mol. The number of aromatic nitrogens is 3. The van der Waals surface area contributed by atoms with Crippen LogP contribution in [0.2, 0.25) is 0 Å². The average molecular weight is 431 g/mol. The first-order valence-corrected chi connectivity index (χ1v) is 10.6. The molecule has 4 aromatic rings. The van der Waals surface area contributed by atoms with Crippen LogP contribution in [-0.2, 0) is 4.74 Å². The first kappa shape index (κ1) is 21.3. The minimum atomic E-state index is -0.399. The summed E-state index contributed by atoms with van der Waals surface area (Å²) in [6.45, 7) is 5.99. The van der Waals surface area contributed by atoms with Crippen molar-refractivity contribution in [3.63, 3.8) is 0 Å². The number of hydrogen-bond donors (Lipinski definition) is 2. The van der Waals surface area contributed by atoms with Gasteiger partial charge in [-0.3, -0.25) is 9.36 Å². The first-order valence-electron chi connectivity index (χ1n) is 10.6. The third kappa shape index (κ3) is 3.75. The Hall–Kier alpha value is -3.94. The molecule has 4 rings (SSSR count). The largest absolute Gasteiger partial charge is 0.462 e. The van der Waals surface area contributed by atoms with E-state index in [-0.39, 0.29) is 23.3 Å². The second-order valence-corrected chi connectivity index (χ2v) is 7.53. The molecule has 0 saturated carbocycles. The standard InChI is InChI=1S/C24H25N5O3/c1-4-14(3)26-23(30)19-20-22(28-18-9-7-6-8-17(18)27-20)29(21(19)25)16-12-10-15(11-13-16)24(31)32-5-2/h6-14H,4-5,25H2,1-3H3,(H,26,30)/t14-/m1/s1. The number of esters is 1. The number of nitrogens with two attached hydrogens (primary N) is 1. The molecule has 0 spiro atoms. The van der Waals surface area contributed by atoms with E-state index in [4.69, 9.17) is 20.4 Å². The molecule has 8 nitrogen and oxygen atoms in total. The Morgan fingerprint density at radius 2 is 1.72 bits per heavy atom.